The molecule has 0 bridgehead atoms. The minimum absolute atomic E-state index is 0.0159. The Morgan fingerprint density at radius 3 is 2.81 bits per heavy atom. The number of carbonyl (C=O) groups excluding carboxylic acids is 1. The molecule has 0 saturated heterocycles. The predicted octanol–water partition coefficient (Wildman–Crippen LogP) is 3.07. The van der Waals surface area contributed by atoms with E-state index in [4.69, 9.17) is 5.11 Å². The number of rotatable bonds is 5. The zero-order valence-corrected chi connectivity index (χ0v) is 11.8. The first-order chi connectivity index (χ1) is 9.88. The maximum atomic E-state index is 12.4. The molecule has 112 valence electrons. The summed E-state index contributed by atoms with van der Waals surface area (Å²) in [4.78, 5) is 23.9. The summed E-state index contributed by atoms with van der Waals surface area (Å²) in [5.41, 5.74) is 0.0375. The fourth-order valence-corrected chi connectivity index (χ4v) is 2.76. The number of nitrogens with zero attached hydrogens (tertiary/aromatic N) is 1. The van der Waals surface area contributed by atoms with Crippen molar-refractivity contribution in [2.45, 2.75) is 19.9 Å². The number of amides is 1. The first kappa shape index (κ1) is 15.2. The summed E-state index contributed by atoms with van der Waals surface area (Å²) in [6.07, 6.45) is -1.21. The summed E-state index contributed by atoms with van der Waals surface area (Å²) in [5, 5.41) is 11.7. The number of aromatic nitrogens is 1. The van der Waals surface area contributed by atoms with Crippen LogP contribution in [0, 0.1) is 6.92 Å². The summed E-state index contributed by atoms with van der Waals surface area (Å²) in [6.45, 7) is 1.12. The zero-order chi connectivity index (χ0) is 15.6. The fraction of sp³-hybridized carbons (Fsp3) is 0.231. The summed E-state index contributed by atoms with van der Waals surface area (Å²) in [6, 6.07) is 4.33. The molecule has 0 aromatic carbocycles. The minimum Gasteiger partial charge on any atom is -0.478 e. The van der Waals surface area contributed by atoms with Gasteiger partial charge in [-0.3, -0.25) is 4.79 Å². The molecule has 2 aromatic heterocycles. The minimum atomic E-state index is -2.58. The molecular formula is C13H12F2N2O3S. The van der Waals surface area contributed by atoms with Crippen molar-refractivity contribution in [3.05, 3.63) is 40.5 Å². The number of aromatic carboxylic acids is 1. The van der Waals surface area contributed by atoms with Gasteiger partial charge in [0.15, 0.2) is 0 Å². The Labute approximate surface area is 122 Å². The molecule has 2 N–H and O–H groups in total. The highest BCUT2D eigenvalue weighted by Gasteiger charge is 2.19. The van der Waals surface area contributed by atoms with Gasteiger partial charge < -0.3 is 15.0 Å². The standard InChI is InChI=1S/C13H12F2N2O3S/c1-7-5-8(13(19)20)12(21-7)16-11(18)9-3-2-4-17(9)6-10(14)15/h2-5,10H,6H2,1H3,(H,16,18)(H,19,20). The second kappa shape index (κ2) is 6.04. The third kappa shape index (κ3) is 3.46. The molecule has 0 aliphatic rings. The van der Waals surface area contributed by atoms with Gasteiger partial charge >= 0.3 is 5.97 Å². The van der Waals surface area contributed by atoms with Crippen LogP contribution in [0.1, 0.15) is 25.7 Å². The normalized spacial score (nSPS) is 10.9. The van der Waals surface area contributed by atoms with Crippen LogP contribution in [0.4, 0.5) is 13.8 Å². The number of hydrogen-bond acceptors (Lipinski definition) is 3. The van der Waals surface area contributed by atoms with E-state index in [1.165, 1.54) is 24.4 Å². The first-order valence-corrected chi connectivity index (χ1v) is 6.78. The lowest BCUT2D eigenvalue weighted by atomic mass is 10.3. The number of anilines is 1. The van der Waals surface area contributed by atoms with Crippen molar-refractivity contribution in [1.29, 1.82) is 0 Å². The van der Waals surface area contributed by atoms with Crippen molar-refractivity contribution in [2.24, 2.45) is 0 Å². The van der Waals surface area contributed by atoms with Crippen molar-refractivity contribution in [2.75, 3.05) is 5.32 Å². The van der Waals surface area contributed by atoms with Crippen LogP contribution >= 0.6 is 11.3 Å². The van der Waals surface area contributed by atoms with Crippen LogP contribution in [0.5, 0.6) is 0 Å². The van der Waals surface area contributed by atoms with Gasteiger partial charge in [-0.2, -0.15) is 0 Å². The van der Waals surface area contributed by atoms with Crippen LogP contribution in [0.3, 0.4) is 0 Å². The average molecular weight is 314 g/mol. The Morgan fingerprint density at radius 2 is 2.19 bits per heavy atom. The van der Waals surface area contributed by atoms with Crippen LogP contribution in [-0.4, -0.2) is 28.0 Å². The molecule has 8 heteroatoms. The van der Waals surface area contributed by atoms with Crippen molar-refractivity contribution in [3.8, 4) is 0 Å². The molecule has 0 spiro atoms. The SMILES string of the molecule is Cc1cc(C(=O)O)c(NC(=O)c2cccn2CC(F)F)s1. The number of carboxylic acid groups (broad SMARTS) is 1. The zero-order valence-electron chi connectivity index (χ0n) is 11.0. The first-order valence-electron chi connectivity index (χ1n) is 5.97. The van der Waals surface area contributed by atoms with E-state index in [-0.39, 0.29) is 16.3 Å². The lowest BCUT2D eigenvalue weighted by Gasteiger charge is -2.08. The third-order valence-electron chi connectivity index (χ3n) is 2.71. The summed E-state index contributed by atoms with van der Waals surface area (Å²) >= 11 is 1.12. The summed E-state index contributed by atoms with van der Waals surface area (Å²) in [5.74, 6) is -1.78. The Morgan fingerprint density at radius 1 is 1.48 bits per heavy atom. The van der Waals surface area contributed by atoms with E-state index in [1.807, 2.05) is 0 Å². The molecule has 0 fully saturated rings. The molecule has 2 aromatic rings. The maximum absolute atomic E-state index is 12.4. The number of thiophene rings is 1. The number of carboxylic acids is 1. The summed E-state index contributed by atoms with van der Waals surface area (Å²) < 4.78 is 26.0. The largest absolute Gasteiger partial charge is 0.478 e. The second-order valence-corrected chi connectivity index (χ2v) is 5.55. The average Bonchev–Trinajstić information content (AvgIpc) is 2.95. The fourth-order valence-electron chi connectivity index (χ4n) is 1.86. The predicted molar refractivity (Wildman–Crippen MR) is 74.4 cm³/mol. The highest BCUT2D eigenvalue weighted by atomic mass is 32.1. The Kier molecular flexibility index (Phi) is 4.37. The molecule has 0 aliphatic heterocycles. The molecule has 5 nitrogen and oxygen atoms in total. The Hall–Kier alpha value is -2.22. The van der Waals surface area contributed by atoms with Crippen LogP contribution in [0.15, 0.2) is 24.4 Å². The highest BCUT2D eigenvalue weighted by Crippen LogP contribution is 2.28. The van der Waals surface area contributed by atoms with Crippen molar-refractivity contribution < 1.29 is 23.5 Å². The van der Waals surface area contributed by atoms with E-state index < -0.39 is 24.8 Å². The van der Waals surface area contributed by atoms with Gasteiger partial charge in [0.1, 0.15) is 10.7 Å². The van der Waals surface area contributed by atoms with Crippen molar-refractivity contribution >= 4 is 28.2 Å². The van der Waals surface area contributed by atoms with E-state index in [0.717, 1.165) is 20.8 Å². The van der Waals surface area contributed by atoms with Gasteiger partial charge in [-0.05, 0) is 25.1 Å². The third-order valence-corrected chi connectivity index (χ3v) is 3.68. The molecule has 2 rings (SSSR count). The molecule has 2 heterocycles. The van der Waals surface area contributed by atoms with Crippen LogP contribution in [-0.2, 0) is 6.54 Å². The van der Waals surface area contributed by atoms with Crippen molar-refractivity contribution in [3.63, 3.8) is 0 Å². The van der Waals surface area contributed by atoms with E-state index in [2.05, 4.69) is 5.32 Å². The molecule has 0 saturated carbocycles. The second-order valence-electron chi connectivity index (χ2n) is 4.30. The number of carbonyl (C=O) groups is 2. The number of nitrogens with one attached hydrogen (secondary N) is 1. The molecule has 1 amide bonds. The van der Waals surface area contributed by atoms with Gasteiger partial charge in [-0.1, -0.05) is 0 Å². The number of halogens is 2. The van der Waals surface area contributed by atoms with Gasteiger partial charge in [-0.15, -0.1) is 11.3 Å². The molecule has 0 unspecified atom stereocenters. The topological polar surface area (TPSA) is 71.3 Å². The summed E-state index contributed by atoms with van der Waals surface area (Å²) in [7, 11) is 0. The van der Waals surface area contributed by atoms with E-state index in [9.17, 15) is 18.4 Å². The molecule has 21 heavy (non-hydrogen) atoms. The van der Waals surface area contributed by atoms with Crippen LogP contribution in [0.25, 0.3) is 0 Å². The van der Waals surface area contributed by atoms with E-state index >= 15 is 0 Å². The maximum Gasteiger partial charge on any atom is 0.338 e. The van der Waals surface area contributed by atoms with Crippen molar-refractivity contribution in [1.82, 2.24) is 4.57 Å². The number of alkyl halides is 2. The van der Waals surface area contributed by atoms with Gasteiger partial charge in [-0.25, -0.2) is 13.6 Å². The Balaban J connectivity index is 2.23. The molecular weight excluding hydrogens is 302 g/mol. The monoisotopic (exact) mass is 314 g/mol. The van der Waals surface area contributed by atoms with Gasteiger partial charge in [0.25, 0.3) is 12.3 Å². The Bertz CT molecular complexity index is 679. The van der Waals surface area contributed by atoms with Gasteiger partial charge in [0, 0.05) is 11.1 Å². The molecule has 0 radical (unpaired) electrons. The molecule has 0 atom stereocenters. The van der Waals surface area contributed by atoms with Crippen LogP contribution in [0.2, 0.25) is 0 Å². The van der Waals surface area contributed by atoms with E-state index in [1.54, 1.807) is 6.92 Å². The number of aryl methyl sites for hydroxylation is 1. The van der Waals surface area contributed by atoms with Gasteiger partial charge in [0.05, 0.1) is 12.1 Å². The van der Waals surface area contributed by atoms with Crippen LogP contribution < -0.4 is 5.32 Å². The lowest BCUT2D eigenvalue weighted by Crippen LogP contribution is -2.19. The highest BCUT2D eigenvalue weighted by molar-refractivity contribution is 7.16. The smallest absolute Gasteiger partial charge is 0.338 e. The number of hydrogen-bond donors (Lipinski definition) is 2. The van der Waals surface area contributed by atoms with E-state index in [0.29, 0.717) is 0 Å². The van der Waals surface area contributed by atoms with Gasteiger partial charge in [0.2, 0.25) is 0 Å². The quantitative estimate of drug-likeness (QED) is 0.891. The molecule has 0 aliphatic carbocycles. The lowest BCUT2D eigenvalue weighted by molar-refractivity contribution is 0.0698.